The normalized spacial score (nSPS) is 16.9. The Kier molecular flexibility index (Phi) is 3.78. The van der Waals surface area contributed by atoms with E-state index in [1.54, 1.807) is 6.07 Å². The number of fused-ring (bicyclic) bond motifs is 1. The fourth-order valence-corrected chi connectivity index (χ4v) is 2.64. The highest BCUT2D eigenvalue weighted by atomic mass is 16.5. The highest BCUT2D eigenvalue weighted by Crippen LogP contribution is 2.21. The standard InChI is InChI=1S/C17H17N3O2/c1-12-2-3-13-10-14(4-5-15(13)19-12)16(21)20-17(11-18)6-8-22-9-7-17/h2-5,10H,6-9H2,1H3,(H,20,21). The Morgan fingerprint density at radius 3 is 2.82 bits per heavy atom. The van der Waals surface area contributed by atoms with Gasteiger partial charge < -0.3 is 10.1 Å². The Hall–Kier alpha value is -2.45. The summed E-state index contributed by atoms with van der Waals surface area (Å²) in [5.41, 5.74) is 1.52. The van der Waals surface area contributed by atoms with Gasteiger partial charge in [-0.25, -0.2) is 0 Å². The van der Waals surface area contributed by atoms with Crippen LogP contribution in [-0.2, 0) is 4.74 Å². The first kappa shape index (κ1) is 14.5. The van der Waals surface area contributed by atoms with Crippen LogP contribution in [-0.4, -0.2) is 29.6 Å². The topological polar surface area (TPSA) is 75.0 Å². The van der Waals surface area contributed by atoms with Crippen molar-refractivity contribution in [2.24, 2.45) is 0 Å². The third-order valence-corrected chi connectivity index (χ3v) is 4.00. The SMILES string of the molecule is Cc1ccc2cc(C(=O)NC3(C#N)CCOCC3)ccc2n1. The van der Waals surface area contributed by atoms with Crippen molar-refractivity contribution in [1.29, 1.82) is 5.26 Å². The fourth-order valence-electron chi connectivity index (χ4n) is 2.64. The summed E-state index contributed by atoms with van der Waals surface area (Å²) in [5.74, 6) is -0.231. The van der Waals surface area contributed by atoms with Crippen LogP contribution < -0.4 is 5.32 Å². The van der Waals surface area contributed by atoms with Gasteiger partial charge in [0, 0.05) is 42.7 Å². The van der Waals surface area contributed by atoms with Gasteiger partial charge in [0.25, 0.3) is 5.91 Å². The number of pyridine rings is 1. The van der Waals surface area contributed by atoms with E-state index in [0.29, 0.717) is 31.6 Å². The van der Waals surface area contributed by atoms with Crippen LogP contribution in [0.15, 0.2) is 30.3 Å². The molecule has 1 aliphatic rings. The maximum atomic E-state index is 12.5. The van der Waals surface area contributed by atoms with Gasteiger partial charge >= 0.3 is 0 Å². The monoisotopic (exact) mass is 295 g/mol. The summed E-state index contributed by atoms with van der Waals surface area (Å²) in [4.78, 5) is 16.9. The summed E-state index contributed by atoms with van der Waals surface area (Å²) in [6.45, 7) is 2.92. The van der Waals surface area contributed by atoms with Gasteiger partial charge in [0.1, 0.15) is 5.54 Å². The number of nitriles is 1. The number of carbonyl (C=O) groups excluding carboxylic acids is 1. The number of carbonyl (C=O) groups is 1. The van der Waals surface area contributed by atoms with Gasteiger partial charge in [-0.15, -0.1) is 0 Å². The van der Waals surface area contributed by atoms with Crippen LogP contribution in [0.5, 0.6) is 0 Å². The first-order valence-corrected chi connectivity index (χ1v) is 7.31. The van der Waals surface area contributed by atoms with Crippen LogP contribution in [0, 0.1) is 18.3 Å². The van der Waals surface area contributed by atoms with Gasteiger partial charge in [-0.3, -0.25) is 9.78 Å². The Labute approximate surface area is 128 Å². The molecule has 0 radical (unpaired) electrons. The molecule has 0 aliphatic carbocycles. The summed E-state index contributed by atoms with van der Waals surface area (Å²) >= 11 is 0. The molecule has 0 unspecified atom stereocenters. The molecule has 0 saturated carbocycles. The minimum Gasteiger partial charge on any atom is -0.381 e. The maximum Gasteiger partial charge on any atom is 0.252 e. The quantitative estimate of drug-likeness (QED) is 0.922. The van der Waals surface area contributed by atoms with Crippen molar-refractivity contribution in [2.45, 2.75) is 25.3 Å². The van der Waals surface area contributed by atoms with Crippen molar-refractivity contribution in [3.05, 3.63) is 41.6 Å². The molecule has 2 heterocycles. The highest BCUT2D eigenvalue weighted by Gasteiger charge is 2.34. The number of rotatable bonds is 2. The van der Waals surface area contributed by atoms with E-state index in [2.05, 4.69) is 16.4 Å². The largest absolute Gasteiger partial charge is 0.381 e. The Bertz CT molecular complexity index is 758. The molecule has 2 aromatic rings. The second-order valence-corrected chi connectivity index (χ2v) is 5.62. The lowest BCUT2D eigenvalue weighted by molar-refractivity contribution is 0.0531. The van der Waals surface area contributed by atoms with E-state index in [1.165, 1.54) is 0 Å². The van der Waals surface area contributed by atoms with Crippen LogP contribution >= 0.6 is 0 Å². The number of nitrogens with zero attached hydrogens (tertiary/aromatic N) is 2. The van der Waals surface area contributed by atoms with E-state index in [9.17, 15) is 10.1 Å². The zero-order chi connectivity index (χ0) is 15.6. The van der Waals surface area contributed by atoms with E-state index < -0.39 is 5.54 Å². The fraction of sp³-hybridized carbons (Fsp3) is 0.353. The summed E-state index contributed by atoms with van der Waals surface area (Å²) in [7, 11) is 0. The van der Waals surface area contributed by atoms with Gasteiger partial charge in [-0.1, -0.05) is 6.07 Å². The molecule has 1 saturated heterocycles. The highest BCUT2D eigenvalue weighted by molar-refractivity contribution is 5.98. The van der Waals surface area contributed by atoms with Crippen LogP contribution in [0.3, 0.4) is 0 Å². The van der Waals surface area contributed by atoms with Crippen molar-refractivity contribution in [2.75, 3.05) is 13.2 Å². The number of aromatic nitrogens is 1. The lowest BCUT2D eigenvalue weighted by atomic mass is 9.91. The molecule has 1 aromatic carbocycles. The van der Waals surface area contributed by atoms with Crippen molar-refractivity contribution < 1.29 is 9.53 Å². The van der Waals surface area contributed by atoms with Gasteiger partial charge in [0.05, 0.1) is 11.6 Å². The van der Waals surface area contributed by atoms with E-state index in [0.717, 1.165) is 16.6 Å². The molecule has 1 N–H and O–H groups in total. The molecule has 22 heavy (non-hydrogen) atoms. The van der Waals surface area contributed by atoms with E-state index in [4.69, 9.17) is 4.74 Å². The molecule has 0 atom stereocenters. The third kappa shape index (κ3) is 2.78. The van der Waals surface area contributed by atoms with Crippen LogP contribution in [0.2, 0.25) is 0 Å². The van der Waals surface area contributed by atoms with E-state index in [1.807, 2.05) is 31.2 Å². The maximum absolute atomic E-state index is 12.5. The number of aryl methyl sites for hydroxylation is 1. The molecule has 0 spiro atoms. The summed E-state index contributed by atoms with van der Waals surface area (Å²) < 4.78 is 5.27. The van der Waals surface area contributed by atoms with E-state index in [-0.39, 0.29) is 5.91 Å². The lowest BCUT2D eigenvalue weighted by Crippen LogP contribution is -2.50. The zero-order valence-electron chi connectivity index (χ0n) is 12.4. The molecule has 1 aromatic heterocycles. The first-order valence-electron chi connectivity index (χ1n) is 7.31. The lowest BCUT2D eigenvalue weighted by Gasteiger charge is -2.31. The van der Waals surface area contributed by atoms with Crippen molar-refractivity contribution >= 4 is 16.8 Å². The summed E-state index contributed by atoms with van der Waals surface area (Å²) in [6, 6.07) is 11.5. The summed E-state index contributed by atoms with van der Waals surface area (Å²) in [6.07, 6.45) is 1.03. The van der Waals surface area contributed by atoms with Gasteiger partial charge in [0.15, 0.2) is 0 Å². The molecule has 3 rings (SSSR count). The molecular weight excluding hydrogens is 278 g/mol. The Morgan fingerprint density at radius 1 is 1.32 bits per heavy atom. The molecule has 112 valence electrons. The number of ether oxygens (including phenoxy) is 1. The average Bonchev–Trinajstić information content (AvgIpc) is 2.55. The molecule has 1 fully saturated rings. The molecule has 1 aliphatic heterocycles. The first-order chi connectivity index (χ1) is 10.6. The Morgan fingerprint density at radius 2 is 2.09 bits per heavy atom. The third-order valence-electron chi connectivity index (χ3n) is 4.00. The second kappa shape index (κ2) is 5.74. The minimum absolute atomic E-state index is 0.231. The summed E-state index contributed by atoms with van der Waals surface area (Å²) in [5, 5.41) is 13.2. The molecule has 1 amide bonds. The number of amides is 1. The molecular formula is C17H17N3O2. The van der Waals surface area contributed by atoms with Gasteiger partial charge in [-0.2, -0.15) is 5.26 Å². The van der Waals surface area contributed by atoms with Crippen LogP contribution in [0.4, 0.5) is 0 Å². The van der Waals surface area contributed by atoms with Gasteiger partial charge in [0.2, 0.25) is 0 Å². The minimum atomic E-state index is -0.824. The van der Waals surface area contributed by atoms with Crippen molar-refractivity contribution in [3.8, 4) is 6.07 Å². The van der Waals surface area contributed by atoms with Crippen molar-refractivity contribution in [1.82, 2.24) is 10.3 Å². The van der Waals surface area contributed by atoms with Crippen LogP contribution in [0.1, 0.15) is 28.9 Å². The molecule has 5 heteroatoms. The van der Waals surface area contributed by atoms with Crippen LogP contribution in [0.25, 0.3) is 10.9 Å². The predicted octanol–water partition coefficient (Wildman–Crippen LogP) is 2.35. The number of hydrogen-bond acceptors (Lipinski definition) is 4. The molecule has 5 nitrogen and oxygen atoms in total. The zero-order valence-corrected chi connectivity index (χ0v) is 12.4. The average molecular weight is 295 g/mol. The predicted molar refractivity (Wildman–Crippen MR) is 82.3 cm³/mol. The van der Waals surface area contributed by atoms with Gasteiger partial charge in [-0.05, 0) is 31.2 Å². The number of benzene rings is 1. The van der Waals surface area contributed by atoms with E-state index >= 15 is 0 Å². The smallest absolute Gasteiger partial charge is 0.252 e. The molecule has 0 bridgehead atoms. The Balaban J connectivity index is 1.85. The second-order valence-electron chi connectivity index (χ2n) is 5.62. The van der Waals surface area contributed by atoms with Crippen molar-refractivity contribution in [3.63, 3.8) is 0 Å². The number of hydrogen-bond donors (Lipinski definition) is 1. The number of nitrogens with one attached hydrogen (secondary N) is 1.